The minimum absolute atomic E-state index is 0.324. The highest BCUT2D eigenvalue weighted by Crippen LogP contribution is 2.28. The summed E-state index contributed by atoms with van der Waals surface area (Å²) in [5, 5.41) is 6.51. The lowest BCUT2D eigenvalue weighted by molar-refractivity contribution is 0.148. The molecule has 1 saturated heterocycles. The first-order valence-corrected chi connectivity index (χ1v) is 13.1. The fraction of sp³-hybridized carbons (Fsp3) is 0.310. The molecular weight excluding hydrogens is 484 g/mol. The molecule has 8 heteroatoms. The van der Waals surface area contributed by atoms with Crippen LogP contribution in [0.3, 0.4) is 0 Å². The van der Waals surface area contributed by atoms with Crippen LogP contribution in [0.1, 0.15) is 23.7 Å². The number of nitrogens with one attached hydrogen (secondary N) is 2. The van der Waals surface area contributed by atoms with Crippen molar-refractivity contribution in [2.45, 2.75) is 26.8 Å². The largest absolute Gasteiger partial charge is 0.324 e. The summed E-state index contributed by atoms with van der Waals surface area (Å²) in [6, 6.07) is 17.7. The van der Waals surface area contributed by atoms with E-state index >= 15 is 0 Å². The lowest BCUT2D eigenvalue weighted by Gasteiger charge is -2.32. The first-order chi connectivity index (χ1) is 17.9. The number of rotatable bonds is 6. The second-order valence-corrected chi connectivity index (χ2v) is 10.2. The van der Waals surface area contributed by atoms with E-state index in [0.717, 1.165) is 60.8 Å². The zero-order valence-electron chi connectivity index (χ0n) is 21.6. The van der Waals surface area contributed by atoms with Crippen molar-refractivity contribution < 1.29 is 4.79 Å². The molecule has 0 unspecified atom stereocenters. The van der Waals surface area contributed by atoms with E-state index in [9.17, 15) is 4.79 Å². The first-order valence-electron chi connectivity index (χ1n) is 12.7. The number of imidazole rings is 1. The molecule has 5 rings (SSSR count). The van der Waals surface area contributed by atoms with Gasteiger partial charge in [-0.05, 0) is 73.0 Å². The zero-order valence-corrected chi connectivity index (χ0v) is 22.3. The van der Waals surface area contributed by atoms with Crippen molar-refractivity contribution in [1.29, 1.82) is 0 Å². The van der Waals surface area contributed by atoms with Gasteiger partial charge in [0.05, 0.1) is 5.69 Å². The molecule has 4 aromatic rings. The average molecular weight is 517 g/mol. The number of nitrogens with zero attached hydrogens (tertiary/aromatic N) is 4. The van der Waals surface area contributed by atoms with Gasteiger partial charge >= 0.3 is 6.03 Å². The topological polar surface area (TPSA) is 64.9 Å². The standard InChI is InChI=1S/C29H33ClN6O/c1-4-26-28(33-29(37)31-25-11-9-24(30)10-12-25)36-19-23(17-20(2)27(36)32-26)22-7-5-21(6-8-22)18-35-15-13-34(3)14-16-35/h5-12,17,19H,4,13-16,18H2,1-3H3,(H2,31,33,37). The van der Waals surface area contributed by atoms with E-state index in [4.69, 9.17) is 16.6 Å². The maximum absolute atomic E-state index is 12.8. The van der Waals surface area contributed by atoms with Crippen LogP contribution in [0.25, 0.3) is 16.8 Å². The summed E-state index contributed by atoms with van der Waals surface area (Å²) in [5.41, 5.74) is 6.95. The number of hydrogen-bond donors (Lipinski definition) is 2. The fourth-order valence-electron chi connectivity index (χ4n) is 4.76. The third-order valence-corrected chi connectivity index (χ3v) is 7.19. The van der Waals surface area contributed by atoms with Gasteiger partial charge in [-0.15, -0.1) is 0 Å². The second kappa shape index (κ2) is 10.9. The maximum atomic E-state index is 12.8. The Balaban J connectivity index is 1.38. The Hall–Kier alpha value is -3.39. The van der Waals surface area contributed by atoms with Gasteiger partial charge in [-0.25, -0.2) is 9.78 Å². The SMILES string of the molecule is CCc1nc2c(C)cc(-c3ccc(CN4CCN(C)CC4)cc3)cn2c1NC(=O)Nc1ccc(Cl)cc1. The highest BCUT2D eigenvalue weighted by molar-refractivity contribution is 6.30. The molecule has 2 N–H and O–H groups in total. The van der Waals surface area contributed by atoms with Crippen LogP contribution in [-0.4, -0.2) is 58.4 Å². The van der Waals surface area contributed by atoms with E-state index in [0.29, 0.717) is 22.9 Å². The lowest BCUT2D eigenvalue weighted by Crippen LogP contribution is -2.43. The van der Waals surface area contributed by atoms with E-state index < -0.39 is 0 Å². The Morgan fingerprint density at radius 2 is 1.68 bits per heavy atom. The predicted molar refractivity (Wildman–Crippen MR) is 152 cm³/mol. The number of aromatic nitrogens is 2. The van der Waals surface area contributed by atoms with E-state index in [1.807, 2.05) is 11.3 Å². The van der Waals surface area contributed by atoms with Gasteiger partial charge in [0, 0.05) is 49.6 Å². The summed E-state index contributed by atoms with van der Waals surface area (Å²) in [7, 11) is 2.18. The van der Waals surface area contributed by atoms with Crippen LogP contribution in [0.15, 0.2) is 60.8 Å². The Labute approximate surface area is 223 Å². The van der Waals surface area contributed by atoms with Crippen molar-refractivity contribution in [2.75, 3.05) is 43.9 Å². The highest BCUT2D eigenvalue weighted by atomic mass is 35.5. The number of aryl methyl sites for hydroxylation is 2. The monoisotopic (exact) mass is 516 g/mol. The Morgan fingerprint density at radius 3 is 2.35 bits per heavy atom. The van der Waals surface area contributed by atoms with Crippen molar-refractivity contribution in [3.05, 3.63) is 82.6 Å². The third-order valence-electron chi connectivity index (χ3n) is 6.93. The van der Waals surface area contributed by atoms with Crippen molar-refractivity contribution in [1.82, 2.24) is 19.2 Å². The van der Waals surface area contributed by atoms with Gasteiger partial charge < -0.3 is 10.2 Å². The molecule has 0 radical (unpaired) electrons. The lowest BCUT2D eigenvalue weighted by atomic mass is 10.0. The Kier molecular flexibility index (Phi) is 7.46. The molecular formula is C29H33ClN6O. The molecule has 3 heterocycles. The number of likely N-dealkylation sites (N-methyl/N-ethyl adjacent to an activating group) is 1. The normalized spacial score (nSPS) is 14.7. The number of halogens is 1. The van der Waals surface area contributed by atoms with Gasteiger partial charge in [-0.3, -0.25) is 14.6 Å². The number of amides is 2. The minimum Gasteiger partial charge on any atom is -0.308 e. The number of anilines is 2. The molecule has 0 saturated carbocycles. The van der Waals surface area contributed by atoms with Gasteiger partial charge in [-0.2, -0.15) is 0 Å². The highest BCUT2D eigenvalue weighted by Gasteiger charge is 2.17. The summed E-state index contributed by atoms with van der Waals surface area (Å²) in [6.07, 6.45) is 2.76. The van der Waals surface area contributed by atoms with Gasteiger partial charge in [0.1, 0.15) is 11.5 Å². The summed E-state index contributed by atoms with van der Waals surface area (Å²) in [6.45, 7) is 9.53. The molecule has 2 aromatic heterocycles. The molecule has 0 bridgehead atoms. The molecule has 0 aliphatic carbocycles. The Morgan fingerprint density at radius 1 is 0.973 bits per heavy atom. The number of piperazine rings is 1. The zero-order chi connectivity index (χ0) is 25.9. The second-order valence-electron chi connectivity index (χ2n) is 9.73. The summed E-state index contributed by atoms with van der Waals surface area (Å²) in [5.74, 6) is 0.681. The van der Waals surface area contributed by atoms with E-state index in [1.54, 1.807) is 24.3 Å². The van der Waals surface area contributed by atoms with Gasteiger partial charge in [0.25, 0.3) is 0 Å². The molecule has 37 heavy (non-hydrogen) atoms. The molecule has 1 aliphatic rings. The van der Waals surface area contributed by atoms with Crippen LogP contribution in [0.2, 0.25) is 5.02 Å². The molecule has 7 nitrogen and oxygen atoms in total. The van der Waals surface area contributed by atoms with Crippen molar-refractivity contribution in [2.24, 2.45) is 0 Å². The molecule has 2 amide bonds. The molecule has 192 valence electrons. The van der Waals surface area contributed by atoms with E-state index in [2.05, 4.69) is 70.9 Å². The number of pyridine rings is 1. The number of urea groups is 1. The third kappa shape index (κ3) is 5.80. The summed E-state index contributed by atoms with van der Waals surface area (Å²) >= 11 is 5.96. The van der Waals surface area contributed by atoms with Crippen LogP contribution >= 0.6 is 11.6 Å². The molecule has 2 aromatic carbocycles. The number of fused-ring (bicyclic) bond motifs is 1. The van der Waals surface area contributed by atoms with Crippen LogP contribution in [-0.2, 0) is 13.0 Å². The van der Waals surface area contributed by atoms with Crippen molar-refractivity contribution in [3.63, 3.8) is 0 Å². The molecule has 1 fully saturated rings. The maximum Gasteiger partial charge on any atom is 0.324 e. The minimum atomic E-state index is -0.324. The quantitative estimate of drug-likeness (QED) is 0.334. The summed E-state index contributed by atoms with van der Waals surface area (Å²) in [4.78, 5) is 22.5. The van der Waals surface area contributed by atoms with Crippen molar-refractivity contribution in [3.8, 4) is 11.1 Å². The first kappa shape index (κ1) is 25.3. The number of benzene rings is 2. The molecule has 0 atom stereocenters. The molecule has 0 spiro atoms. The van der Waals surface area contributed by atoms with Crippen LogP contribution < -0.4 is 10.6 Å². The number of carbonyl (C=O) groups is 1. The van der Waals surface area contributed by atoms with Gasteiger partial charge in [-0.1, -0.05) is 42.8 Å². The Bertz CT molecular complexity index is 1390. The van der Waals surface area contributed by atoms with Crippen molar-refractivity contribution >= 4 is 34.8 Å². The summed E-state index contributed by atoms with van der Waals surface area (Å²) < 4.78 is 1.99. The average Bonchev–Trinajstić information content (AvgIpc) is 3.25. The van der Waals surface area contributed by atoms with Gasteiger partial charge in [0.2, 0.25) is 0 Å². The molecule has 1 aliphatic heterocycles. The van der Waals surface area contributed by atoms with Gasteiger partial charge in [0.15, 0.2) is 0 Å². The van der Waals surface area contributed by atoms with Crippen LogP contribution in [0.5, 0.6) is 0 Å². The fourth-order valence-corrected chi connectivity index (χ4v) is 4.89. The number of hydrogen-bond acceptors (Lipinski definition) is 4. The van der Waals surface area contributed by atoms with Crippen LogP contribution in [0.4, 0.5) is 16.3 Å². The smallest absolute Gasteiger partial charge is 0.308 e. The van der Waals surface area contributed by atoms with E-state index in [-0.39, 0.29) is 6.03 Å². The predicted octanol–water partition coefficient (Wildman–Crippen LogP) is 5.92. The van der Waals surface area contributed by atoms with E-state index in [1.165, 1.54) is 5.56 Å². The number of carbonyl (C=O) groups excluding carboxylic acids is 1. The van der Waals surface area contributed by atoms with Crippen LogP contribution in [0, 0.1) is 6.92 Å².